The Kier molecular flexibility index (Phi) is 4.55. The average Bonchev–Trinajstić information content (AvgIpc) is 3.14. The Labute approximate surface area is 127 Å². The van der Waals surface area contributed by atoms with Gasteiger partial charge < -0.3 is 15.2 Å². The molecule has 2 N–H and O–H groups in total. The van der Waals surface area contributed by atoms with E-state index in [4.69, 9.17) is 4.74 Å². The Bertz CT molecular complexity index is 372. The molecule has 120 valence electrons. The number of hydrogen-bond donors (Lipinski definition) is 2. The highest BCUT2D eigenvalue weighted by molar-refractivity contribution is 5.87. The molecule has 0 aromatic rings. The third-order valence-corrected chi connectivity index (χ3v) is 6.23. The van der Waals surface area contributed by atoms with Gasteiger partial charge in [-0.2, -0.15) is 0 Å². The predicted octanol–water partition coefficient (Wildman–Crippen LogP) is 2.25. The lowest BCUT2D eigenvalue weighted by atomic mass is 9.83. The Hall–Kier alpha value is -0.610. The van der Waals surface area contributed by atoms with Crippen molar-refractivity contribution >= 4 is 5.91 Å². The van der Waals surface area contributed by atoms with Crippen molar-refractivity contribution in [3.63, 3.8) is 0 Å². The molecular weight excluding hydrogens is 266 g/mol. The number of ether oxygens (including phenoxy) is 1. The van der Waals surface area contributed by atoms with Gasteiger partial charge in [-0.05, 0) is 49.9 Å². The number of aliphatic hydroxyl groups excluding tert-OH is 1. The molecule has 1 atom stereocenters. The van der Waals surface area contributed by atoms with E-state index in [9.17, 15) is 9.90 Å². The van der Waals surface area contributed by atoms with Crippen LogP contribution >= 0.6 is 0 Å². The normalized spacial score (nSPS) is 32.0. The Morgan fingerprint density at radius 1 is 1.19 bits per heavy atom. The first kappa shape index (κ1) is 15.3. The van der Waals surface area contributed by atoms with Gasteiger partial charge in [-0.15, -0.1) is 0 Å². The maximum Gasteiger partial charge on any atom is 0.226 e. The molecule has 3 fully saturated rings. The predicted molar refractivity (Wildman–Crippen MR) is 80.8 cm³/mol. The summed E-state index contributed by atoms with van der Waals surface area (Å²) >= 11 is 0. The lowest BCUT2D eigenvalue weighted by Gasteiger charge is -2.29. The van der Waals surface area contributed by atoms with E-state index >= 15 is 0 Å². The zero-order valence-corrected chi connectivity index (χ0v) is 13.0. The molecule has 1 saturated heterocycles. The molecule has 0 radical (unpaired) electrons. The lowest BCUT2D eigenvalue weighted by Crippen LogP contribution is -2.40. The van der Waals surface area contributed by atoms with Gasteiger partial charge in [0.25, 0.3) is 0 Å². The molecule has 0 aromatic heterocycles. The number of aliphatic hydroxyl groups is 1. The van der Waals surface area contributed by atoms with Crippen molar-refractivity contribution in [2.45, 2.75) is 57.8 Å². The van der Waals surface area contributed by atoms with Crippen LogP contribution in [-0.2, 0) is 9.53 Å². The van der Waals surface area contributed by atoms with Crippen molar-refractivity contribution in [1.29, 1.82) is 0 Å². The second kappa shape index (κ2) is 6.25. The van der Waals surface area contributed by atoms with Crippen LogP contribution in [0, 0.1) is 16.7 Å². The first-order valence-corrected chi connectivity index (χ1v) is 8.69. The summed E-state index contributed by atoms with van der Waals surface area (Å²) in [5.74, 6) is 0.863. The maximum absolute atomic E-state index is 12.8. The summed E-state index contributed by atoms with van der Waals surface area (Å²) in [6.45, 7) is 2.48. The van der Waals surface area contributed by atoms with Crippen molar-refractivity contribution in [1.82, 2.24) is 5.32 Å². The molecule has 4 heteroatoms. The monoisotopic (exact) mass is 295 g/mol. The van der Waals surface area contributed by atoms with E-state index in [1.807, 2.05) is 0 Å². The highest BCUT2D eigenvalue weighted by Crippen LogP contribution is 2.70. The van der Waals surface area contributed by atoms with E-state index in [1.165, 1.54) is 32.1 Å². The standard InChI is InChI=1S/C17H29NO3/c19-9-6-17(13-16(17)7-10-21-11-8-16)15(20)18-12-14-4-2-1-3-5-14/h14,19H,1-13H2,(H,18,20). The minimum absolute atomic E-state index is 0.111. The molecule has 1 spiro atoms. The van der Waals surface area contributed by atoms with Crippen LogP contribution < -0.4 is 5.32 Å². The largest absolute Gasteiger partial charge is 0.396 e. The summed E-state index contributed by atoms with van der Waals surface area (Å²) in [7, 11) is 0. The Balaban J connectivity index is 1.58. The van der Waals surface area contributed by atoms with Crippen molar-refractivity contribution in [3.05, 3.63) is 0 Å². The van der Waals surface area contributed by atoms with Gasteiger partial charge in [-0.3, -0.25) is 4.79 Å². The van der Waals surface area contributed by atoms with Gasteiger partial charge >= 0.3 is 0 Å². The third-order valence-electron chi connectivity index (χ3n) is 6.23. The number of rotatable bonds is 5. The summed E-state index contributed by atoms with van der Waals surface area (Å²) in [5.41, 5.74) is -0.190. The molecule has 1 heterocycles. The number of carbonyl (C=O) groups is 1. The van der Waals surface area contributed by atoms with E-state index in [0.717, 1.165) is 39.0 Å². The third kappa shape index (κ3) is 2.85. The SMILES string of the molecule is O=C(NCC1CCCCC1)C1(CCO)CC12CCOCC2. The van der Waals surface area contributed by atoms with Gasteiger partial charge in [0.2, 0.25) is 5.91 Å². The molecule has 2 aliphatic carbocycles. The van der Waals surface area contributed by atoms with Crippen LogP contribution in [0.4, 0.5) is 0 Å². The minimum atomic E-state index is -0.305. The Morgan fingerprint density at radius 2 is 1.90 bits per heavy atom. The molecule has 3 aliphatic rings. The van der Waals surface area contributed by atoms with Gasteiger partial charge in [-0.25, -0.2) is 0 Å². The second-order valence-corrected chi connectivity index (χ2v) is 7.34. The lowest BCUT2D eigenvalue weighted by molar-refractivity contribution is -0.129. The van der Waals surface area contributed by atoms with Crippen LogP contribution in [0.15, 0.2) is 0 Å². The highest BCUT2D eigenvalue weighted by Gasteiger charge is 2.70. The summed E-state index contributed by atoms with van der Waals surface area (Å²) < 4.78 is 5.46. The fraction of sp³-hybridized carbons (Fsp3) is 0.941. The molecular formula is C17H29NO3. The summed E-state index contributed by atoms with van der Waals surface area (Å²) in [5, 5.41) is 12.6. The fourth-order valence-electron chi connectivity index (χ4n) is 4.73. The topological polar surface area (TPSA) is 58.6 Å². The van der Waals surface area contributed by atoms with Crippen molar-refractivity contribution in [3.8, 4) is 0 Å². The van der Waals surface area contributed by atoms with E-state index in [-0.39, 0.29) is 23.3 Å². The summed E-state index contributed by atoms with van der Waals surface area (Å²) in [4.78, 5) is 12.8. The summed E-state index contributed by atoms with van der Waals surface area (Å²) in [6.07, 6.45) is 9.99. The molecule has 0 aromatic carbocycles. The van der Waals surface area contributed by atoms with Gasteiger partial charge in [0.05, 0.1) is 5.41 Å². The molecule has 4 nitrogen and oxygen atoms in total. The van der Waals surface area contributed by atoms with E-state index in [2.05, 4.69) is 5.32 Å². The minimum Gasteiger partial charge on any atom is -0.396 e. The van der Waals surface area contributed by atoms with Gasteiger partial charge in [0.15, 0.2) is 0 Å². The number of carbonyl (C=O) groups excluding carboxylic acids is 1. The smallest absolute Gasteiger partial charge is 0.226 e. The fourth-order valence-corrected chi connectivity index (χ4v) is 4.73. The zero-order chi connectivity index (χ0) is 14.8. The molecule has 1 aliphatic heterocycles. The van der Waals surface area contributed by atoms with Crippen LogP contribution in [0.1, 0.15) is 57.8 Å². The van der Waals surface area contributed by atoms with Crippen molar-refractivity contribution in [2.24, 2.45) is 16.7 Å². The number of hydrogen-bond acceptors (Lipinski definition) is 3. The first-order chi connectivity index (χ1) is 10.2. The first-order valence-electron chi connectivity index (χ1n) is 8.69. The molecule has 1 amide bonds. The molecule has 3 rings (SSSR count). The second-order valence-electron chi connectivity index (χ2n) is 7.34. The van der Waals surface area contributed by atoms with E-state index in [1.54, 1.807) is 0 Å². The van der Waals surface area contributed by atoms with Crippen molar-refractivity contribution < 1.29 is 14.6 Å². The van der Waals surface area contributed by atoms with Crippen molar-refractivity contribution in [2.75, 3.05) is 26.4 Å². The zero-order valence-electron chi connectivity index (χ0n) is 13.0. The molecule has 0 bridgehead atoms. The maximum atomic E-state index is 12.8. The quantitative estimate of drug-likeness (QED) is 0.818. The molecule has 2 saturated carbocycles. The van der Waals surface area contributed by atoms with Gasteiger partial charge in [0.1, 0.15) is 0 Å². The van der Waals surface area contributed by atoms with Gasteiger partial charge in [0, 0.05) is 26.4 Å². The van der Waals surface area contributed by atoms with Crippen LogP contribution in [0.25, 0.3) is 0 Å². The molecule has 21 heavy (non-hydrogen) atoms. The molecule has 1 unspecified atom stereocenters. The van der Waals surface area contributed by atoms with E-state index in [0.29, 0.717) is 12.3 Å². The van der Waals surface area contributed by atoms with Crippen LogP contribution in [0.2, 0.25) is 0 Å². The van der Waals surface area contributed by atoms with Crippen LogP contribution in [-0.4, -0.2) is 37.4 Å². The number of amides is 1. The number of nitrogens with one attached hydrogen (secondary N) is 1. The van der Waals surface area contributed by atoms with Crippen LogP contribution in [0.3, 0.4) is 0 Å². The van der Waals surface area contributed by atoms with Gasteiger partial charge in [-0.1, -0.05) is 19.3 Å². The average molecular weight is 295 g/mol. The highest BCUT2D eigenvalue weighted by atomic mass is 16.5. The summed E-state index contributed by atoms with van der Waals surface area (Å²) in [6, 6.07) is 0. The van der Waals surface area contributed by atoms with Crippen LogP contribution in [0.5, 0.6) is 0 Å². The van der Waals surface area contributed by atoms with E-state index < -0.39 is 0 Å². The Morgan fingerprint density at radius 3 is 2.57 bits per heavy atom.